The average molecular weight is 404 g/mol. The maximum Gasteiger partial charge on any atom is 0.264 e. The van der Waals surface area contributed by atoms with Gasteiger partial charge < -0.3 is 0 Å². The van der Waals surface area contributed by atoms with Crippen LogP contribution in [0.5, 0.6) is 0 Å². The number of hydrogen-bond donors (Lipinski definition) is 0. The Morgan fingerprint density at radius 1 is 0.931 bits per heavy atom. The van der Waals surface area contributed by atoms with E-state index in [1.807, 2.05) is 62.4 Å². The maximum absolute atomic E-state index is 13.4. The molecule has 0 aliphatic rings. The molecule has 0 aliphatic heterocycles. The Morgan fingerprint density at radius 3 is 2.28 bits per heavy atom. The molecule has 0 spiro atoms. The fourth-order valence-corrected chi connectivity index (χ4v) is 4.67. The van der Waals surface area contributed by atoms with Gasteiger partial charge in [0.05, 0.1) is 17.1 Å². The van der Waals surface area contributed by atoms with Crippen LogP contribution in [0.15, 0.2) is 96.9 Å². The molecule has 0 atom stereocenters. The minimum absolute atomic E-state index is 0.161. The molecular weight excluding hydrogens is 378 g/mol. The summed E-state index contributed by atoms with van der Waals surface area (Å²) in [4.78, 5) is 0.251. The largest absolute Gasteiger partial charge is 0.264 e. The van der Waals surface area contributed by atoms with Crippen molar-refractivity contribution in [1.82, 2.24) is 0 Å². The first kappa shape index (κ1) is 20.6. The van der Waals surface area contributed by atoms with Crippen LogP contribution in [0.25, 0.3) is 5.57 Å². The molecule has 3 aromatic rings. The topological polar surface area (TPSA) is 37.4 Å². The maximum atomic E-state index is 13.4. The molecule has 0 aliphatic carbocycles. The van der Waals surface area contributed by atoms with Gasteiger partial charge in [-0.1, -0.05) is 78.4 Å². The highest BCUT2D eigenvalue weighted by molar-refractivity contribution is 7.92. The second-order valence-corrected chi connectivity index (χ2v) is 8.87. The van der Waals surface area contributed by atoms with Gasteiger partial charge in [0.1, 0.15) is 0 Å². The van der Waals surface area contributed by atoms with Crippen molar-refractivity contribution in [2.24, 2.45) is 0 Å². The first-order valence-corrected chi connectivity index (χ1v) is 10.8. The van der Waals surface area contributed by atoms with Crippen LogP contribution >= 0.6 is 0 Å². The summed E-state index contributed by atoms with van der Waals surface area (Å²) < 4.78 is 28.3. The molecule has 0 saturated carbocycles. The van der Waals surface area contributed by atoms with E-state index in [-0.39, 0.29) is 11.4 Å². The lowest BCUT2D eigenvalue weighted by Crippen LogP contribution is -2.32. The van der Waals surface area contributed by atoms with Crippen LogP contribution in [0, 0.1) is 13.8 Å². The Kier molecular flexibility index (Phi) is 6.04. The Bertz CT molecular complexity index is 1150. The van der Waals surface area contributed by atoms with E-state index in [0.717, 1.165) is 27.8 Å². The standard InChI is InChI=1S/C25H25NO2S/c1-5-17-26(29(27,28)23-15-13-19(2)14-16-23)25-12-7-6-11-24(25)21(4)22-10-8-9-20(3)18-22/h5-16,18H,1,4,17H2,2-3H3. The summed E-state index contributed by atoms with van der Waals surface area (Å²) in [5.74, 6) is 0. The SMILES string of the molecule is C=CCN(c1ccccc1C(=C)c1cccc(C)c1)S(=O)(=O)c1ccc(C)cc1. The molecule has 4 heteroatoms. The third kappa shape index (κ3) is 4.33. The molecular formula is C25H25NO2S. The lowest BCUT2D eigenvalue weighted by molar-refractivity contribution is 0.593. The summed E-state index contributed by atoms with van der Waals surface area (Å²) in [5, 5.41) is 0. The summed E-state index contributed by atoms with van der Waals surface area (Å²) in [6, 6.07) is 22.4. The highest BCUT2D eigenvalue weighted by Gasteiger charge is 2.26. The molecule has 0 saturated heterocycles. The van der Waals surface area contributed by atoms with Gasteiger partial charge in [-0.3, -0.25) is 4.31 Å². The van der Waals surface area contributed by atoms with Gasteiger partial charge in [0.2, 0.25) is 0 Å². The van der Waals surface area contributed by atoms with Gasteiger partial charge in [0.15, 0.2) is 0 Å². The quantitative estimate of drug-likeness (QED) is 0.471. The van der Waals surface area contributed by atoms with Crippen molar-refractivity contribution >= 4 is 21.3 Å². The molecule has 148 valence electrons. The number of aryl methyl sites for hydroxylation is 2. The van der Waals surface area contributed by atoms with E-state index < -0.39 is 10.0 Å². The van der Waals surface area contributed by atoms with Crippen LogP contribution in [0.2, 0.25) is 0 Å². The zero-order valence-corrected chi connectivity index (χ0v) is 17.6. The summed E-state index contributed by atoms with van der Waals surface area (Å²) in [6.45, 7) is 12.1. The third-order valence-electron chi connectivity index (χ3n) is 4.77. The van der Waals surface area contributed by atoms with Crippen LogP contribution in [-0.2, 0) is 10.0 Å². The number of benzene rings is 3. The van der Waals surface area contributed by atoms with E-state index in [4.69, 9.17) is 0 Å². The van der Waals surface area contributed by atoms with Crippen molar-refractivity contribution in [3.05, 3.63) is 114 Å². The molecule has 0 heterocycles. The molecule has 3 aromatic carbocycles. The van der Waals surface area contributed by atoms with Crippen LogP contribution < -0.4 is 4.31 Å². The van der Waals surface area contributed by atoms with E-state index in [9.17, 15) is 8.42 Å². The first-order valence-electron chi connectivity index (χ1n) is 9.40. The fourth-order valence-electron chi connectivity index (χ4n) is 3.22. The molecule has 3 nitrogen and oxygen atoms in total. The summed E-state index contributed by atoms with van der Waals surface area (Å²) >= 11 is 0. The minimum Gasteiger partial charge on any atom is -0.262 e. The Hall–Kier alpha value is -3.11. The molecule has 29 heavy (non-hydrogen) atoms. The van der Waals surface area contributed by atoms with Crippen LogP contribution in [0.4, 0.5) is 5.69 Å². The van der Waals surface area contributed by atoms with Crippen molar-refractivity contribution in [2.45, 2.75) is 18.7 Å². The third-order valence-corrected chi connectivity index (χ3v) is 6.56. The number of para-hydroxylation sites is 1. The normalized spacial score (nSPS) is 11.1. The molecule has 0 radical (unpaired) electrons. The van der Waals surface area contributed by atoms with Gasteiger partial charge in [0, 0.05) is 5.56 Å². The van der Waals surface area contributed by atoms with Crippen molar-refractivity contribution in [3.8, 4) is 0 Å². The zero-order chi connectivity index (χ0) is 21.0. The van der Waals surface area contributed by atoms with Crippen molar-refractivity contribution < 1.29 is 8.42 Å². The van der Waals surface area contributed by atoms with Gasteiger partial charge in [-0.15, -0.1) is 6.58 Å². The first-order chi connectivity index (χ1) is 13.8. The number of anilines is 1. The van der Waals surface area contributed by atoms with E-state index in [2.05, 4.69) is 13.2 Å². The van der Waals surface area contributed by atoms with Crippen molar-refractivity contribution in [1.29, 1.82) is 0 Å². The lowest BCUT2D eigenvalue weighted by atomic mass is 9.97. The van der Waals surface area contributed by atoms with Gasteiger partial charge in [-0.05, 0) is 43.2 Å². The van der Waals surface area contributed by atoms with Gasteiger partial charge in [-0.25, -0.2) is 8.42 Å². The smallest absolute Gasteiger partial charge is 0.262 e. The van der Waals surface area contributed by atoms with E-state index in [1.165, 1.54) is 4.31 Å². The van der Waals surface area contributed by atoms with E-state index >= 15 is 0 Å². The monoisotopic (exact) mass is 403 g/mol. The number of sulfonamides is 1. The summed E-state index contributed by atoms with van der Waals surface area (Å²) in [7, 11) is -3.76. The molecule has 0 fully saturated rings. The minimum atomic E-state index is -3.76. The molecule has 3 rings (SSSR count). The van der Waals surface area contributed by atoms with Crippen molar-refractivity contribution in [3.63, 3.8) is 0 Å². The predicted octanol–water partition coefficient (Wildman–Crippen LogP) is 5.75. The van der Waals surface area contributed by atoms with Crippen molar-refractivity contribution in [2.75, 3.05) is 10.8 Å². The van der Waals surface area contributed by atoms with Gasteiger partial charge >= 0.3 is 0 Å². The highest BCUT2D eigenvalue weighted by Crippen LogP contribution is 2.34. The number of hydrogen-bond acceptors (Lipinski definition) is 2. The zero-order valence-electron chi connectivity index (χ0n) is 16.8. The van der Waals surface area contributed by atoms with Crippen LogP contribution in [0.3, 0.4) is 0 Å². The van der Waals surface area contributed by atoms with Crippen LogP contribution in [0.1, 0.15) is 22.3 Å². The molecule has 0 N–H and O–H groups in total. The van der Waals surface area contributed by atoms with Gasteiger partial charge in [0.25, 0.3) is 10.0 Å². The summed E-state index contributed by atoms with van der Waals surface area (Å²) in [5.41, 5.74) is 5.22. The summed E-state index contributed by atoms with van der Waals surface area (Å²) in [6.07, 6.45) is 1.60. The van der Waals surface area contributed by atoms with E-state index in [1.54, 1.807) is 30.3 Å². The fraction of sp³-hybridized carbons (Fsp3) is 0.120. The van der Waals surface area contributed by atoms with E-state index in [0.29, 0.717) is 5.69 Å². The molecule has 0 bridgehead atoms. The number of nitrogens with zero attached hydrogens (tertiary/aromatic N) is 1. The second kappa shape index (κ2) is 8.50. The molecule has 0 aromatic heterocycles. The second-order valence-electron chi connectivity index (χ2n) is 7.00. The average Bonchev–Trinajstić information content (AvgIpc) is 2.72. The predicted molar refractivity (Wildman–Crippen MR) is 122 cm³/mol. The lowest BCUT2D eigenvalue weighted by Gasteiger charge is -2.26. The Morgan fingerprint density at radius 2 is 1.62 bits per heavy atom. The Labute approximate surface area is 173 Å². The van der Waals surface area contributed by atoms with Gasteiger partial charge in [-0.2, -0.15) is 0 Å². The highest BCUT2D eigenvalue weighted by atomic mass is 32.2. The number of rotatable bonds is 7. The molecule has 0 unspecified atom stereocenters. The molecule has 0 amide bonds. The Balaban J connectivity index is 2.13. The van der Waals surface area contributed by atoms with Crippen LogP contribution in [-0.4, -0.2) is 15.0 Å².